The number of rotatable bonds is 0. The van der Waals surface area contributed by atoms with Crippen LogP contribution in [0.25, 0.3) is 5.65 Å². The van der Waals surface area contributed by atoms with Crippen LogP contribution in [0.1, 0.15) is 35.8 Å². The summed E-state index contributed by atoms with van der Waals surface area (Å²) in [4.78, 5) is 21.8. The second-order valence-electron chi connectivity index (χ2n) is 7.24. The van der Waals surface area contributed by atoms with Gasteiger partial charge in [0, 0.05) is 37.5 Å². The van der Waals surface area contributed by atoms with Crippen LogP contribution < -0.4 is 15.3 Å². The van der Waals surface area contributed by atoms with E-state index in [0.29, 0.717) is 29.9 Å². The van der Waals surface area contributed by atoms with E-state index in [4.69, 9.17) is 4.98 Å². The number of halogens is 1. The number of anilines is 2. The molecule has 1 saturated heterocycles. The highest BCUT2D eigenvalue weighted by Crippen LogP contribution is 2.30. The molecule has 5 rings (SSSR count). The first-order chi connectivity index (χ1) is 13.6. The van der Waals surface area contributed by atoms with Gasteiger partial charge in [-0.2, -0.15) is 5.10 Å². The summed E-state index contributed by atoms with van der Waals surface area (Å²) in [5.41, 5.74) is 2.52. The minimum Gasteiger partial charge on any atom is -0.349 e. The Kier molecular flexibility index (Phi) is 3.88. The van der Waals surface area contributed by atoms with Gasteiger partial charge in [-0.15, -0.1) is 0 Å². The van der Waals surface area contributed by atoms with E-state index in [0.717, 1.165) is 30.9 Å². The van der Waals surface area contributed by atoms with E-state index in [1.54, 1.807) is 16.9 Å². The predicted molar refractivity (Wildman–Crippen MR) is 102 cm³/mol. The van der Waals surface area contributed by atoms with Crippen LogP contribution in [0.2, 0.25) is 0 Å². The maximum Gasteiger partial charge on any atom is 0.256 e. The van der Waals surface area contributed by atoms with Crippen LogP contribution in [0, 0.1) is 5.82 Å². The number of aryl methyl sites for hydroxylation is 1. The molecule has 3 aromatic heterocycles. The summed E-state index contributed by atoms with van der Waals surface area (Å²) in [6.45, 7) is 3.46. The number of aromatic nitrogens is 4. The third kappa shape index (κ3) is 2.74. The molecule has 1 unspecified atom stereocenters. The molecule has 2 aliphatic rings. The van der Waals surface area contributed by atoms with Gasteiger partial charge < -0.3 is 5.32 Å². The number of nitrogens with zero attached hydrogens (tertiary/aromatic N) is 6. The Morgan fingerprint density at radius 3 is 3.00 bits per heavy atom. The normalized spacial score (nSPS) is 19.6. The van der Waals surface area contributed by atoms with Crippen LogP contribution in [0.4, 0.5) is 15.9 Å². The third-order valence-electron chi connectivity index (χ3n) is 5.28. The van der Waals surface area contributed by atoms with Gasteiger partial charge in [0.25, 0.3) is 5.91 Å². The Morgan fingerprint density at radius 1 is 1.25 bits per heavy atom. The first-order valence-electron chi connectivity index (χ1n) is 9.45. The topological polar surface area (TPSA) is 78.7 Å². The lowest BCUT2D eigenvalue weighted by Crippen LogP contribution is -2.38. The molecule has 1 amide bonds. The van der Waals surface area contributed by atoms with Gasteiger partial charge in [-0.25, -0.2) is 13.9 Å². The van der Waals surface area contributed by atoms with Crippen LogP contribution in [0.3, 0.4) is 0 Å². The van der Waals surface area contributed by atoms with Crippen molar-refractivity contribution in [1.29, 1.82) is 0 Å². The molecular weight excluding hydrogens is 361 g/mol. The molecule has 0 saturated carbocycles. The fourth-order valence-electron chi connectivity index (χ4n) is 3.86. The smallest absolute Gasteiger partial charge is 0.256 e. The maximum absolute atomic E-state index is 14.0. The number of hydrogen-bond acceptors (Lipinski definition) is 6. The zero-order valence-corrected chi connectivity index (χ0v) is 15.5. The van der Waals surface area contributed by atoms with E-state index in [9.17, 15) is 9.18 Å². The SMILES string of the molecule is CC1CCc2ncc(F)cc2N2CCCN2c2ccn3ncc(c3n2)C(=O)N1. The van der Waals surface area contributed by atoms with E-state index in [1.165, 1.54) is 12.3 Å². The van der Waals surface area contributed by atoms with Gasteiger partial charge in [0.1, 0.15) is 11.4 Å². The van der Waals surface area contributed by atoms with Crippen molar-refractivity contribution >= 4 is 23.1 Å². The highest BCUT2D eigenvalue weighted by Gasteiger charge is 2.28. The summed E-state index contributed by atoms with van der Waals surface area (Å²) in [7, 11) is 0. The molecule has 8 nitrogen and oxygen atoms in total. The molecule has 1 atom stereocenters. The maximum atomic E-state index is 14.0. The van der Waals surface area contributed by atoms with Crippen molar-refractivity contribution in [2.24, 2.45) is 0 Å². The molecule has 1 N–H and O–H groups in total. The van der Waals surface area contributed by atoms with Crippen molar-refractivity contribution in [1.82, 2.24) is 24.9 Å². The molecule has 9 heteroatoms. The number of fused-ring (bicyclic) bond motifs is 5. The molecule has 2 aliphatic heterocycles. The number of hydrazine groups is 1. The molecule has 0 radical (unpaired) electrons. The first-order valence-corrected chi connectivity index (χ1v) is 9.45. The van der Waals surface area contributed by atoms with Gasteiger partial charge in [-0.1, -0.05) is 0 Å². The van der Waals surface area contributed by atoms with E-state index in [1.807, 2.05) is 23.0 Å². The van der Waals surface area contributed by atoms with Gasteiger partial charge in [-0.05, 0) is 26.2 Å². The van der Waals surface area contributed by atoms with Crippen LogP contribution in [0.5, 0.6) is 0 Å². The van der Waals surface area contributed by atoms with E-state index in [-0.39, 0.29) is 17.8 Å². The first kappa shape index (κ1) is 16.9. The molecule has 0 spiro atoms. The van der Waals surface area contributed by atoms with Crippen molar-refractivity contribution in [3.05, 3.63) is 47.8 Å². The molecule has 3 aromatic rings. The van der Waals surface area contributed by atoms with E-state index < -0.39 is 0 Å². The Balaban J connectivity index is 1.69. The highest BCUT2D eigenvalue weighted by atomic mass is 19.1. The minimum absolute atomic E-state index is 0.0687. The van der Waals surface area contributed by atoms with Crippen molar-refractivity contribution in [2.45, 2.75) is 32.2 Å². The lowest BCUT2D eigenvalue weighted by Gasteiger charge is -2.31. The number of hydrogen-bond donors (Lipinski definition) is 1. The summed E-state index contributed by atoms with van der Waals surface area (Å²) >= 11 is 0. The number of nitrogens with one attached hydrogen (secondary N) is 1. The summed E-state index contributed by atoms with van der Waals surface area (Å²) in [6.07, 6.45) is 6.84. The van der Waals surface area contributed by atoms with Crippen molar-refractivity contribution < 1.29 is 9.18 Å². The number of carbonyl (C=O) groups is 1. The molecule has 5 heterocycles. The molecule has 0 aliphatic carbocycles. The molecule has 144 valence electrons. The predicted octanol–water partition coefficient (Wildman–Crippen LogP) is 1.96. The zero-order valence-electron chi connectivity index (χ0n) is 15.5. The highest BCUT2D eigenvalue weighted by molar-refractivity contribution is 5.99. The lowest BCUT2D eigenvalue weighted by atomic mass is 10.1. The molecule has 28 heavy (non-hydrogen) atoms. The van der Waals surface area contributed by atoms with Gasteiger partial charge in [0.05, 0.1) is 23.8 Å². The summed E-state index contributed by atoms with van der Waals surface area (Å²) in [6, 6.07) is 3.32. The summed E-state index contributed by atoms with van der Waals surface area (Å²) < 4.78 is 15.6. The standard InChI is InChI=1S/C19H20FN7O/c1-12-3-4-15-16(9-13(20)10-21-15)26-6-2-7-27(26)17-5-8-25-18(24-17)14(11-22-25)19(28)23-12/h5,8-12H,2-4,6-7H2,1H3,(H,23,28). The lowest BCUT2D eigenvalue weighted by molar-refractivity contribution is 0.0940. The van der Waals surface area contributed by atoms with Crippen LogP contribution in [-0.2, 0) is 6.42 Å². The Hall–Kier alpha value is -3.23. The largest absolute Gasteiger partial charge is 0.349 e. The Bertz CT molecular complexity index is 1070. The molecule has 2 bridgehead atoms. The van der Waals surface area contributed by atoms with E-state index in [2.05, 4.69) is 15.4 Å². The van der Waals surface area contributed by atoms with Crippen molar-refractivity contribution in [3.8, 4) is 0 Å². The van der Waals surface area contributed by atoms with Gasteiger partial charge in [0.15, 0.2) is 11.5 Å². The van der Waals surface area contributed by atoms with Crippen molar-refractivity contribution in [3.63, 3.8) is 0 Å². The Labute approximate surface area is 161 Å². The fourth-order valence-corrected chi connectivity index (χ4v) is 3.86. The molecule has 1 fully saturated rings. The van der Waals surface area contributed by atoms with Gasteiger partial charge in [-0.3, -0.25) is 19.8 Å². The Morgan fingerprint density at radius 2 is 2.11 bits per heavy atom. The number of carbonyl (C=O) groups excluding carboxylic acids is 1. The molecule has 0 aromatic carbocycles. The molecular formula is C19H20FN7O. The van der Waals surface area contributed by atoms with Crippen LogP contribution in [-0.4, -0.2) is 44.6 Å². The average Bonchev–Trinajstić information content (AvgIpc) is 3.32. The zero-order chi connectivity index (χ0) is 19.3. The van der Waals surface area contributed by atoms with Crippen molar-refractivity contribution in [2.75, 3.05) is 23.1 Å². The fraction of sp³-hybridized carbons (Fsp3) is 0.368. The van der Waals surface area contributed by atoms with E-state index >= 15 is 0 Å². The minimum atomic E-state index is -0.363. The second-order valence-corrected chi connectivity index (χ2v) is 7.24. The van der Waals surface area contributed by atoms with Crippen LogP contribution >= 0.6 is 0 Å². The summed E-state index contributed by atoms with van der Waals surface area (Å²) in [5, 5.41) is 11.3. The number of amides is 1. The van der Waals surface area contributed by atoms with Gasteiger partial charge in [0.2, 0.25) is 0 Å². The third-order valence-corrected chi connectivity index (χ3v) is 5.28. The summed E-state index contributed by atoms with van der Waals surface area (Å²) in [5.74, 6) is 0.136. The average molecular weight is 381 g/mol. The van der Waals surface area contributed by atoms with Gasteiger partial charge >= 0.3 is 0 Å². The monoisotopic (exact) mass is 381 g/mol. The number of pyridine rings is 1. The second kappa shape index (κ2) is 6.43. The quantitative estimate of drug-likeness (QED) is 0.641. The van der Waals surface area contributed by atoms with Crippen LogP contribution in [0.15, 0.2) is 30.7 Å².